The highest BCUT2D eigenvalue weighted by Crippen LogP contribution is 2.41. The summed E-state index contributed by atoms with van der Waals surface area (Å²) < 4.78 is 5.98. The third kappa shape index (κ3) is 3.90. The van der Waals surface area contributed by atoms with Crippen LogP contribution in [0.3, 0.4) is 0 Å². The smallest absolute Gasteiger partial charge is 0.226 e. The number of nitrogens with zero attached hydrogens (tertiary/aromatic N) is 1. The monoisotopic (exact) mass is 367 g/mol. The van der Waals surface area contributed by atoms with E-state index in [1.54, 1.807) is 0 Å². The largest absolute Gasteiger partial charge is 0.489 e. The fourth-order valence-corrected chi connectivity index (χ4v) is 5.13. The number of amides is 1. The maximum atomic E-state index is 12.9. The van der Waals surface area contributed by atoms with Crippen molar-refractivity contribution in [2.75, 3.05) is 12.3 Å². The van der Waals surface area contributed by atoms with Crippen molar-refractivity contribution in [2.45, 2.75) is 37.7 Å². The van der Waals surface area contributed by atoms with Gasteiger partial charge in [0.2, 0.25) is 5.91 Å². The highest BCUT2D eigenvalue weighted by Gasteiger charge is 2.35. The van der Waals surface area contributed by atoms with Gasteiger partial charge in [-0.05, 0) is 36.1 Å². The van der Waals surface area contributed by atoms with Crippen molar-refractivity contribution in [2.24, 2.45) is 5.92 Å². The van der Waals surface area contributed by atoms with Crippen molar-refractivity contribution >= 4 is 17.7 Å². The van der Waals surface area contributed by atoms with Crippen LogP contribution in [0.1, 0.15) is 42.2 Å². The van der Waals surface area contributed by atoms with Gasteiger partial charge in [-0.15, -0.1) is 11.8 Å². The summed E-state index contributed by atoms with van der Waals surface area (Å²) in [6.07, 6.45) is 4.52. The summed E-state index contributed by atoms with van der Waals surface area (Å²) in [5.74, 6) is 2.48. The SMILES string of the molecule is O=C(C1CCCC1)N1CCS[C@@H]1c1cccc(OCc2ccccc2)c1. The van der Waals surface area contributed by atoms with Gasteiger partial charge in [-0.25, -0.2) is 0 Å². The average molecular weight is 368 g/mol. The predicted octanol–water partition coefficient (Wildman–Crippen LogP) is 5.03. The Morgan fingerprint density at radius 3 is 2.69 bits per heavy atom. The molecule has 4 rings (SSSR count). The number of benzene rings is 2. The number of carbonyl (C=O) groups is 1. The third-order valence-electron chi connectivity index (χ3n) is 5.27. The lowest BCUT2D eigenvalue weighted by atomic mass is 10.1. The number of carbonyl (C=O) groups excluding carboxylic acids is 1. The highest BCUT2D eigenvalue weighted by atomic mass is 32.2. The number of thioether (sulfide) groups is 1. The van der Waals surface area contributed by atoms with Gasteiger partial charge < -0.3 is 9.64 Å². The first-order valence-electron chi connectivity index (χ1n) is 9.50. The van der Waals surface area contributed by atoms with E-state index in [9.17, 15) is 4.79 Å². The van der Waals surface area contributed by atoms with Gasteiger partial charge in [-0.2, -0.15) is 0 Å². The maximum Gasteiger partial charge on any atom is 0.226 e. The van der Waals surface area contributed by atoms with Gasteiger partial charge in [0.05, 0.1) is 0 Å². The molecule has 1 amide bonds. The van der Waals surface area contributed by atoms with E-state index in [4.69, 9.17) is 4.74 Å². The van der Waals surface area contributed by atoms with Crippen molar-refractivity contribution in [3.63, 3.8) is 0 Å². The Kier molecular flexibility index (Phi) is 5.49. The second kappa shape index (κ2) is 8.17. The first-order valence-corrected chi connectivity index (χ1v) is 10.5. The first kappa shape index (κ1) is 17.5. The van der Waals surface area contributed by atoms with Crippen LogP contribution in [0, 0.1) is 5.92 Å². The fraction of sp³-hybridized carbons (Fsp3) is 0.409. The molecular weight excluding hydrogens is 342 g/mol. The van der Waals surface area contributed by atoms with Gasteiger partial charge >= 0.3 is 0 Å². The molecule has 3 nitrogen and oxygen atoms in total. The lowest BCUT2D eigenvalue weighted by Crippen LogP contribution is -2.34. The van der Waals surface area contributed by atoms with E-state index >= 15 is 0 Å². The molecule has 1 saturated carbocycles. The summed E-state index contributed by atoms with van der Waals surface area (Å²) in [6.45, 7) is 1.42. The van der Waals surface area contributed by atoms with Crippen molar-refractivity contribution < 1.29 is 9.53 Å². The Bertz CT molecular complexity index is 743. The minimum Gasteiger partial charge on any atom is -0.489 e. The molecule has 2 aromatic rings. The number of ether oxygens (including phenoxy) is 1. The number of hydrogen-bond acceptors (Lipinski definition) is 3. The van der Waals surface area contributed by atoms with Crippen LogP contribution in [-0.4, -0.2) is 23.1 Å². The fourth-order valence-electron chi connectivity index (χ4n) is 3.88. The van der Waals surface area contributed by atoms with Gasteiger partial charge in [0.15, 0.2) is 0 Å². The summed E-state index contributed by atoms with van der Waals surface area (Å²) in [7, 11) is 0. The second-order valence-electron chi connectivity index (χ2n) is 7.08. The first-order chi connectivity index (χ1) is 12.8. The molecule has 0 unspecified atom stereocenters. The standard InChI is InChI=1S/C22H25NO2S/c24-21(18-9-4-5-10-18)23-13-14-26-22(23)19-11-6-12-20(15-19)25-16-17-7-2-1-3-8-17/h1-3,6-8,11-12,15,18,22H,4-5,9-10,13-14,16H2/t22-/m1/s1. The molecular formula is C22H25NO2S. The maximum absolute atomic E-state index is 12.9. The Labute approximate surface area is 159 Å². The van der Waals surface area contributed by atoms with Gasteiger partial charge in [-0.1, -0.05) is 55.3 Å². The molecule has 0 bridgehead atoms. The molecule has 1 atom stereocenters. The van der Waals surface area contributed by atoms with Crippen LogP contribution < -0.4 is 4.74 Å². The van der Waals surface area contributed by atoms with Crippen LogP contribution in [-0.2, 0) is 11.4 Å². The van der Waals surface area contributed by atoms with Gasteiger partial charge in [0.25, 0.3) is 0 Å². The van der Waals surface area contributed by atoms with Crippen molar-refractivity contribution in [3.8, 4) is 5.75 Å². The lowest BCUT2D eigenvalue weighted by Gasteiger charge is -2.27. The molecule has 1 saturated heterocycles. The average Bonchev–Trinajstić information content (AvgIpc) is 3.39. The minimum absolute atomic E-state index is 0.128. The van der Waals surface area contributed by atoms with Crippen LogP contribution in [0.4, 0.5) is 0 Å². The topological polar surface area (TPSA) is 29.5 Å². The third-order valence-corrected chi connectivity index (χ3v) is 6.53. The van der Waals surface area contributed by atoms with Crippen molar-refractivity contribution in [1.82, 2.24) is 4.90 Å². The van der Waals surface area contributed by atoms with E-state index in [0.717, 1.165) is 36.5 Å². The molecule has 2 aliphatic rings. The number of hydrogen-bond donors (Lipinski definition) is 0. The van der Waals surface area contributed by atoms with Crippen molar-refractivity contribution in [3.05, 3.63) is 65.7 Å². The quantitative estimate of drug-likeness (QED) is 0.742. The van der Waals surface area contributed by atoms with E-state index < -0.39 is 0 Å². The van der Waals surface area contributed by atoms with Gasteiger partial charge in [0.1, 0.15) is 17.7 Å². The molecule has 1 aliphatic heterocycles. The zero-order valence-electron chi connectivity index (χ0n) is 15.0. The highest BCUT2D eigenvalue weighted by molar-refractivity contribution is 7.99. The molecule has 0 aromatic heterocycles. The molecule has 1 aliphatic carbocycles. The molecule has 136 valence electrons. The second-order valence-corrected chi connectivity index (χ2v) is 8.27. The molecule has 2 aromatic carbocycles. The van der Waals surface area contributed by atoms with E-state index in [0.29, 0.717) is 12.5 Å². The molecule has 0 radical (unpaired) electrons. The summed E-state index contributed by atoms with van der Waals surface area (Å²) in [5, 5.41) is 0.128. The van der Waals surface area contributed by atoms with E-state index in [2.05, 4.69) is 29.2 Å². The zero-order valence-corrected chi connectivity index (χ0v) is 15.8. The normalized spacial score (nSPS) is 20.5. The van der Waals surface area contributed by atoms with Crippen molar-refractivity contribution in [1.29, 1.82) is 0 Å². The Hall–Kier alpha value is -1.94. The Morgan fingerprint density at radius 2 is 1.88 bits per heavy atom. The van der Waals surface area contributed by atoms with E-state index in [-0.39, 0.29) is 11.3 Å². The summed E-state index contributed by atoms with van der Waals surface area (Å²) >= 11 is 1.86. The van der Waals surface area contributed by atoms with Crippen LogP contribution >= 0.6 is 11.8 Å². The molecule has 0 N–H and O–H groups in total. The van der Waals surface area contributed by atoms with E-state index in [1.807, 2.05) is 42.1 Å². The Morgan fingerprint density at radius 1 is 1.08 bits per heavy atom. The number of rotatable bonds is 5. The van der Waals surface area contributed by atoms with Crippen LogP contribution in [0.5, 0.6) is 5.75 Å². The van der Waals surface area contributed by atoms with Crippen LogP contribution in [0.2, 0.25) is 0 Å². The molecule has 26 heavy (non-hydrogen) atoms. The minimum atomic E-state index is 0.128. The molecule has 4 heteroatoms. The van der Waals surface area contributed by atoms with Crippen LogP contribution in [0.15, 0.2) is 54.6 Å². The van der Waals surface area contributed by atoms with Gasteiger partial charge in [-0.3, -0.25) is 4.79 Å². The zero-order chi connectivity index (χ0) is 17.8. The predicted molar refractivity (Wildman–Crippen MR) is 106 cm³/mol. The summed E-state index contributed by atoms with van der Waals surface area (Å²) in [4.78, 5) is 15.0. The van der Waals surface area contributed by atoms with Gasteiger partial charge in [0, 0.05) is 18.2 Å². The van der Waals surface area contributed by atoms with E-state index in [1.165, 1.54) is 18.4 Å². The lowest BCUT2D eigenvalue weighted by molar-refractivity contribution is -0.135. The molecule has 0 spiro atoms. The summed E-state index contributed by atoms with van der Waals surface area (Å²) in [6, 6.07) is 18.4. The van der Waals surface area contributed by atoms with Crippen LogP contribution in [0.25, 0.3) is 0 Å². The molecule has 1 heterocycles. The molecule has 2 fully saturated rings. The summed E-state index contributed by atoms with van der Waals surface area (Å²) in [5.41, 5.74) is 2.33. The Balaban J connectivity index is 1.45.